The normalized spacial score (nSPS) is 9.93. The second-order valence-corrected chi connectivity index (χ2v) is 5.50. The van der Waals surface area contributed by atoms with Crippen LogP contribution in [0.4, 0.5) is 17.5 Å². The summed E-state index contributed by atoms with van der Waals surface area (Å²) in [6, 6.07) is 18.5. The van der Waals surface area contributed by atoms with Crippen molar-refractivity contribution in [2.75, 3.05) is 30.9 Å². The molecule has 0 saturated carbocycles. The fraction of sp³-hybridized carbons (Fsp3) is 0.150. The van der Waals surface area contributed by atoms with Crippen LogP contribution in [0.15, 0.2) is 60.8 Å². The summed E-state index contributed by atoms with van der Waals surface area (Å²) in [5.74, 6) is 2.65. The minimum absolute atomic E-state index is 0.416. The number of nitrogens with zero attached hydrogens (tertiary/aromatic N) is 3. The van der Waals surface area contributed by atoms with Gasteiger partial charge in [0.15, 0.2) is 0 Å². The van der Waals surface area contributed by atoms with Crippen LogP contribution in [0, 0.1) is 11.3 Å². The molecule has 27 heavy (non-hydrogen) atoms. The summed E-state index contributed by atoms with van der Waals surface area (Å²) in [6.07, 6.45) is 1.65. The molecule has 0 aliphatic heterocycles. The Bertz CT molecular complexity index is 922. The molecule has 3 aromatic rings. The molecule has 0 bridgehead atoms. The third kappa shape index (κ3) is 5.09. The van der Waals surface area contributed by atoms with Gasteiger partial charge in [0, 0.05) is 6.20 Å². The molecule has 0 spiro atoms. The molecular weight excluding hydrogens is 342 g/mol. The van der Waals surface area contributed by atoms with Crippen LogP contribution in [-0.2, 0) is 0 Å². The highest BCUT2D eigenvalue weighted by atomic mass is 16.5. The summed E-state index contributed by atoms with van der Waals surface area (Å²) >= 11 is 0. The Morgan fingerprint density at radius 2 is 1.81 bits per heavy atom. The Balaban J connectivity index is 1.52. The molecule has 1 heterocycles. The van der Waals surface area contributed by atoms with Crippen molar-refractivity contribution in [3.05, 3.63) is 66.4 Å². The zero-order chi connectivity index (χ0) is 18.9. The minimum atomic E-state index is 0.416. The average molecular weight is 361 g/mol. The van der Waals surface area contributed by atoms with E-state index in [1.807, 2.05) is 42.5 Å². The molecule has 0 amide bonds. The average Bonchev–Trinajstić information content (AvgIpc) is 2.72. The van der Waals surface area contributed by atoms with Gasteiger partial charge < -0.3 is 20.1 Å². The molecule has 1 aromatic heterocycles. The first-order chi connectivity index (χ1) is 13.3. The van der Waals surface area contributed by atoms with Gasteiger partial charge in [0.1, 0.15) is 30.0 Å². The monoisotopic (exact) mass is 361 g/mol. The van der Waals surface area contributed by atoms with Crippen molar-refractivity contribution in [1.82, 2.24) is 9.97 Å². The Hall–Kier alpha value is -3.79. The second kappa shape index (κ2) is 9.06. The van der Waals surface area contributed by atoms with Crippen molar-refractivity contribution in [2.45, 2.75) is 0 Å². The highest BCUT2D eigenvalue weighted by Gasteiger charge is 2.04. The molecule has 2 N–H and O–H groups in total. The molecule has 0 saturated heterocycles. The van der Waals surface area contributed by atoms with Crippen LogP contribution in [0.3, 0.4) is 0 Å². The maximum atomic E-state index is 9.15. The lowest BCUT2D eigenvalue weighted by atomic mass is 10.2. The first-order valence-electron chi connectivity index (χ1n) is 8.38. The van der Waals surface area contributed by atoms with Crippen molar-refractivity contribution in [3.63, 3.8) is 0 Å². The SMILES string of the molecule is COc1ccc(OCCNc2ccnc(Nc3ccccc3C#N)n2)cc1. The number of hydrogen-bond acceptors (Lipinski definition) is 7. The number of nitrogens with one attached hydrogen (secondary N) is 2. The van der Waals surface area contributed by atoms with Gasteiger partial charge in [-0.1, -0.05) is 12.1 Å². The van der Waals surface area contributed by atoms with Crippen molar-refractivity contribution in [1.29, 1.82) is 5.26 Å². The van der Waals surface area contributed by atoms with E-state index >= 15 is 0 Å². The number of rotatable bonds is 8. The molecule has 7 heteroatoms. The van der Waals surface area contributed by atoms with Gasteiger partial charge in [0.2, 0.25) is 5.95 Å². The third-order valence-electron chi connectivity index (χ3n) is 3.69. The summed E-state index contributed by atoms with van der Waals surface area (Å²) in [7, 11) is 1.63. The van der Waals surface area contributed by atoms with Crippen LogP contribution >= 0.6 is 0 Å². The summed E-state index contributed by atoms with van der Waals surface area (Å²) in [6.45, 7) is 1.06. The topological polar surface area (TPSA) is 92.1 Å². The second-order valence-electron chi connectivity index (χ2n) is 5.50. The number of nitriles is 1. The predicted molar refractivity (Wildman–Crippen MR) is 103 cm³/mol. The van der Waals surface area contributed by atoms with E-state index in [2.05, 4.69) is 26.7 Å². The lowest BCUT2D eigenvalue weighted by molar-refractivity contribution is 0.331. The molecule has 0 aliphatic rings. The van der Waals surface area contributed by atoms with Gasteiger partial charge in [-0.05, 0) is 42.5 Å². The lowest BCUT2D eigenvalue weighted by Crippen LogP contribution is -2.13. The van der Waals surface area contributed by atoms with E-state index in [1.54, 1.807) is 25.4 Å². The number of ether oxygens (including phenoxy) is 2. The van der Waals surface area contributed by atoms with Crippen LogP contribution in [0.1, 0.15) is 5.56 Å². The number of para-hydroxylation sites is 1. The van der Waals surface area contributed by atoms with E-state index in [4.69, 9.17) is 14.7 Å². The van der Waals surface area contributed by atoms with Crippen molar-refractivity contribution >= 4 is 17.5 Å². The molecule has 136 valence electrons. The number of benzene rings is 2. The Morgan fingerprint density at radius 3 is 2.59 bits per heavy atom. The summed E-state index contributed by atoms with van der Waals surface area (Å²) in [4.78, 5) is 8.58. The fourth-order valence-electron chi connectivity index (χ4n) is 2.35. The van der Waals surface area contributed by atoms with Crippen LogP contribution in [0.2, 0.25) is 0 Å². The minimum Gasteiger partial charge on any atom is -0.497 e. The summed E-state index contributed by atoms with van der Waals surface area (Å²) < 4.78 is 10.8. The fourth-order valence-corrected chi connectivity index (χ4v) is 2.35. The molecule has 7 nitrogen and oxygen atoms in total. The maximum Gasteiger partial charge on any atom is 0.229 e. The van der Waals surface area contributed by atoms with Crippen LogP contribution in [0.25, 0.3) is 0 Å². The van der Waals surface area contributed by atoms with E-state index in [-0.39, 0.29) is 0 Å². The highest BCUT2D eigenvalue weighted by molar-refractivity contribution is 5.63. The van der Waals surface area contributed by atoms with E-state index in [9.17, 15) is 0 Å². The Morgan fingerprint density at radius 1 is 1.04 bits per heavy atom. The maximum absolute atomic E-state index is 9.15. The largest absolute Gasteiger partial charge is 0.497 e. The van der Waals surface area contributed by atoms with Crippen molar-refractivity contribution < 1.29 is 9.47 Å². The zero-order valence-corrected chi connectivity index (χ0v) is 14.8. The van der Waals surface area contributed by atoms with Gasteiger partial charge in [0.05, 0.1) is 24.9 Å². The first kappa shape index (κ1) is 18.0. The zero-order valence-electron chi connectivity index (χ0n) is 14.8. The van der Waals surface area contributed by atoms with Crippen LogP contribution in [-0.4, -0.2) is 30.2 Å². The lowest BCUT2D eigenvalue weighted by Gasteiger charge is -2.10. The van der Waals surface area contributed by atoms with E-state index in [1.165, 1.54) is 0 Å². The molecule has 3 rings (SSSR count). The Kier molecular flexibility index (Phi) is 6.04. The molecule has 2 aromatic carbocycles. The predicted octanol–water partition coefficient (Wildman–Crippen LogP) is 3.59. The van der Waals surface area contributed by atoms with Gasteiger partial charge >= 0.3 is 0 Å². The smallest absolute Gasteiger partial charge is 0.229 e. The number of aromatic nitrogens is 2. The molecule has 0 fully saturated rings. The van der Waals surface area contributed by atoms with Gasteiger partial charge in [-0.25, -0.2) is 4.98 Å². The molecule has 0 atom stereocenters. The molecule has 0 unspecified atom stereocenters. The first-order valence-corrected chi connectivity index (χ1v) is 8.38. The number of methoxy groups -OCH3 is 1. The van der Waals surface area contributed by atoms with Crippen LogP contribution in [0.5, 0.6) is 11.5 Å². The third-order valence-corrected chi connectivity index (χ3v) is 3.69. The van der Waals surface area contributed by atoms with Crippen molar-refractivity contribution in [3.8, 4) is 17.6 Å². The summed E-state index contributed by atoms with van der Waals surface area (Å²) in [5.41, 5.74) is 1.20. The highest BCUT2D eigenvalue weighted by Crippen LogP contribution is 2.19. The van der Waals surface area contributed by atoms with Crippen molar-refractivity contribution in [2.24, 2.45) is 0 Å². The van der Waals surface area contributed by atoms with E-state index < -0.39 is 0 Å². The molecule has 0 radical (unpaired) electrons. The summed E-state index contributed by atoms with van der Waals surface area (Å²) in [5, 5.41) is 15.4. The number of hydrogen-bond donors (Lipinski definition) is 2. The van der Waals surface area contributed by atoms with Gasteiger partial charge in [-0.3, -0.25) is 0 Å². The molecular formula is C20H19N5O2. The quantitative estimate of drug-likeness (QED) is 0.592. The van der Waals surface area contributed by atoms with Gasteiger partial charge in [-0.15, -0.1) is 0 Å². The van der Waals surface area contributed by atoms with E-state index in [0.29, 0.717) is 36.2 Å². The molecule has 0 aliphatic carbocycles. The number of anilines is 3. The standard InChI is InChI=1S/C20H19N5O2/c1-26-16-6-8-17(9-7-16)27-13-12-22-19-10-11-23-20(25-19)24-18-5-3-2-4-15(18)14-21/h2-11H,12-13H2,1H3,(H2,22,23,24,25). The van der Waals surface area contributed by atoms with E-state index in [0.717, 1.165) is 11.5 Å². The Labute approximate surface area is 157 Å². The van der Waals surface area contributed by atoms with Gasteiger partial charge in [0.25, 0.3) is 0 Å². The van der Waals surface area contributed by atoms with Crippen LogP contribution < -0.4 is 20.1 Å². The van der Waals surface area contributed by atoms with Gasteiger partial charge in [-0.2, -0.15) is 10.2 Å².